The molecular formula is C14H20N2O2. The van der Waals surface area contributed by atoms with E-state index in [2.05, 4.69) is 31.2 Å². The van der Waals surface area contributed by atoms with Crippen LogP contribution in [0.3, 0.4) is 0 Å². The maximum Gasteiger partial charge on any atom is 0.263 e. The maximum atomic E-state index is 11.8. The summed E-state index contributed by atoms with van der Waals surface area (Å²) in [5.41, 5.74) is 2.31. The Kier molecular flexibility index (Phi) is 3.99. The van der Waals surface area contributed by atoms with Gasteiger partial charge in [0.2, 0.25) is 0 Å². The van der Waals surface area contributed by atoms with Crippen LogP contribution in [0.4, 0.5) is 0 Å². The number of hydrogen-bond donors (Lipinski definition) is 0. The summed E-state index contributed by atoms with van der Waals surface area (Å²) in [6.07, 6.45) is -0.159. The minimum absolute atomic E-state index is 0.0303. The fraction of sp³-hybridized carbons (Fsp3) is 0.500. The minimum Gasteiger partial charge on any atom is -0.347 e. The molecule has 0 radical (unpaired) electrons. The van der Waals surface area contributed by atoms with Crippen LogP contribution in [-0.2, 0) is 9.53 Å². The predicted octanol–water partition coefficient (Wildman–Crippen LogP) is 2.11. The Morgan fingerprint density at radius 2 is 1.89 bits per heavy atom. The fourth-order valence-corrected chi connectivity index (χ4v) is 2.27. The Labute approximate surface area is 108 Å². The zero-order valence-corrected chi connectivity index (χ0v) is 11.2. The normalized spacial score (nSPS) is 21.4. The molecular weight excluding hydrogens is 228 g/mol. The number of likely N-dealkylation sites (N-methyl/N-ethyl adjacent to an activating group) is 1. The van der Waals surface area contributed by atoms with Crippen LogP contribution in [0.1, 0.15) is 31.2 Å². The third-order valence-corrected chi connectivity index (χ3v) is 3.22. The highest BCUT2D eigenvalue weighted by molar-refractivity contribution is 5.77. The van der Waals surface area contributed by atoms with Gasteiger partial charge in [0.1, 0.15) is 6.61 Å². The Hall–Kier alpha value is -1.39. The summed E-state index contributed by atoms with van der Waals surface area (Å²) >= 11 is 0. The van der Waals surface area contributed by atoms with E-state index >= 15 is 0 Å². The first-order valence-electron chi connectivity index (χ1n) is 6.42. The molecule has 1 aromatic carbocycles. The molecule has 1 atom stereocenters. The van der Waals surface area contributed by atoms with Gasteiger partial charge in [0, 0.05) is 13.1 Å². The summed E-state index contributed by atoms with van der Waals surface area (Å²) in [5.74, 6) is 0.0303. The molecule has 18 heavy (non-hydrogen) atoms. The van der Waals surface area contributed by atoms with Crippen molar-refractivity contribution in [3.8, 4) is 0 Å². The number of nitrogens with zero attached hydrogens (tertiary/aromatic N) is 2. The third-order valence-electron chi connectivity index (χ3n) is 3.22. The van der Waals surface area contributed by atoms with Crippen molar-refractivity contribution < 1.29 is 9.53 Å². The van der Waals surface area contributed by atoms with Crippen molar-refractivity contribution in [2.24, 2.45) is 0 Å². The molecule has 0 saturated carbocycles. The molecule has 1 aliphatic heterocycles. The van der Waals surface area contributed by atoms with Crippen molar-refractivity contribution in [2.75, 3.05) is 19.7 Å². The van der Waals surface area contributed by atoms with Crippen LogP contribution in [0, 0.1) is 6.92 Å². The van der Waals surface area contributed by atoms with Crippen LogP contribution in [-0.4, -0.2) is 35.6 Å². The number of amides is 1. The molecule has 1 aromatic rings. The molecule has 1 unspecified atom stereocenters. The average molecular weight is 248 g/mol. The van der Waals surface area contributed by atoms with Gasteiger partial charge in [-0.25, -0.2) is 0 Å². The maximum absolute atomic E-state index is 11.8. The molecule has 0 aromatic heterocycles. The Bertz CT molecular complexity index is 416. The first-order valence-corrected chi connectivity index (χ1v) is 6.42. The van der Waals surface area contributed by atoms with Gasteiger partial charge in [-0.1, -0.05) is 36.8 Å². The quantitative estimate of drug-likeness (QED) is 0.821. The fourth-order valence-electron chi connectivity index (χ4n) is 2.27. The van der Waals surface area contributed by atoms with Gasteiger partial charge in [-0.15, -0.1) is 0 Å². The molecule has 1 saturated heterocycles. The molecule has 1 amide bonds. The summed E-state index contributed by atoms with van der Waals surface area (Å²) in [6.45, 7) is 7.66. The van der Waals surface area contributed by atoms with Gasteiger partial charge in [-0.3, -0.25) is 9.80 Å². The lowest BCUT2D eigenvalue weighted by molar-refractivity contribution is -0.217. The van der Waals surface area contributed by atoms with Crippen molar-refractivity contribution in [2.45, 2.75) is 27.0 Å². The van der Waals surface area contributed by atoms with Gasteiger partial charge in [0.25, 0.3) is 5.91 Å². The Balaban J connectivity index is 2.26. The van der Waals surface area contributed by atoms with Gasteiger partial charge < -0.3 is 4.74 Å². The van der Waals surface area contributed by atoms with Crippen LogP contribution >= 0.6 is 0 Å². The lowest BCUT2D eigenvalue weighted by Crippen LogP contribution is -2.54. The average Bonchev–Trinajstić information content (AvgIpc) is 2.39. The Morgan fingerprint density at radius 3 is 2.44 bits per heavy atom. The van der Waals surface area contributed by atoms with E-state index in [-0.39, 0.29) is 18.7 Å². The van der Waals surface area contributed by atoms with Crippen molar-refractivity contribution >= 4 is 5.91 Å². The molecule has 98 valence electrons. The Morgan fingerprint density at radius 1 is 1.22 bits per heavy atom. The first-order chi connectivity index (χ1) is 8.67. The van der Waals surface area contributed by atoms with E-state index in [1.807, 2.05) is 18.9 Å². The summed E-state index contributed by atoms with van der Waals surface area (Å²) in [7, 11) is 0. The van der Waals surface area contributed by atoms with Crippen molar-refractivity contribution in [1.82, 2.24) is 10.0 Å². The van der Waals surface area contributed by atoms with Crippen LogP contribution in [0.15, 0.2) is 24.3 Å². The number of carbonyl (C=O) groups is 1. The van der Waals surface area contributed by atoms with Gasteiger partial charge in [-0.2, -0.15) is 5.01 Å². The van der Waals surface area contributed by atoms with Gasteiger partial charge in [-0.05, 0) is 19.4 Å². The summed E-state index contributed by atoms with van der Waals surface area (Å²) in [4.78, 5) is 11.8. The van der Waals surface area contributed by atoms with Crippen molar-refractivity contribution in [1.29, 1.82) is 0 Å². The van der Waals surface area contributed by atoms with Crippen LogP contribution in [0.2, 0.25) is 0 Å². The predicted molar refractivity (Wildman–Crippen MR) is 69.6 cm³/mol. The van der Waals surface area contributed by atoms with Crippen LogP contribution < -0.4 is 0 Å². The number of hydrazine groups is 1. The molecule has 0 spiro atoms. The van der Waals surface area contributed by atoms with Crippen molar-refractivity contribution in [3.63, 3.8) is 0 Å². The molecule has 1 fully saturated rings. The van der Waals surface area contributed by atoms with Crippen molar-refractivity contribution in [3.05, 3.63) is 35.4 Å². The van der Waals surface area contributed by atoms with E-state index in [1.54, 1.807) is 5.01 Å². The molecule has 2 rings (SSSR count). The number of rotatable bonds is 3. The topological polar surface area (TPSA) is 32.8 Å². The van der Waals surface area contributed by atoms with Crippen LogP contribution in [0.25, 0.3) is 0 Å². The third kappa shape index (κ3) is 2.40. The molecule has 4 heteroatoms. The molecule has 1 aliphatic rings. The lowest BCUT2D eigenvalue weighted by atomic mass is 10.1. The molecule has 0 bridgehead atoms. The van der Waals surface area contributed by atoms with E-state index < -0.39 is 0 Å². The summed E-state index contributed by atoms with van der Waals surface area (Å²) in [6, 6.07) is 8.26. The summed E-state index contributed by atoms with van der Waals surface area (Å²) in [5, 5.41) is 3.75. The molecule has 0 N–H and O–H groups in total. The number of carbonyl (C=O) groups excluding carboxylic acids is 1. The highest BCUT2D eigenvalue weighted by atomic mass is 16.5. The van der Waals surface area contributed by atoms with Crippen LogP contribution in [0.5, 0.6) is 0 Å². The largest absolute Gasteiger partial charge is 0.347 e. The van der Waals surface area contributed by atoms with E-state index in [0.29, 0.717) is 6.54 Å². The SMILES string of the molecule is CCN1C(=O)COC(c2ccc(C)cc2)N1CC. The van der Waals surface area contributed by atoms with E-state index in [4.69, 9.17) is 4.74 Å². The van der Waals surface area contributed by atoms with E-state index in [9.17, 15) is 4.79 Å². The monoisotopic (exact) mass is 248 g/mol. The zero-order valence-electron chi connectivity index (χ0n) is 11.2. The molecule has 0 aliphatic carbocycles. The van der Waals surface area contributed by atoms with Gasteiger partial charge in [0.15, 0.2) is 6.23 Å². The second-order valence-electron chi connectivity index (χ2n) is 4.44. The smallest absolute Gasteiger partial charge is 0.263 e. The number of benzene rings is 1. The second kappa shape index (κ2) is 5.50. The van der Waals surface area contributed by atoms with Gasteiger partial charge >= 0.3 is 0 Å². The standard InChI is InChI=1S/C14H20N2O2/c1-4-15-13(17)10-18-14(16(15)5-2)12-8-6-11(3)7-9-12/h6-9,14H,4-5,10H2,1-3H3. The second-order valence-corrected chi connectivity index (χ2v) is 4.44. The molecule has 1 heterocycles. The zero-order chi connectivity index (χ0) is 13.1. The minimum atomic E-state index is -0.159. The molecule has 4 nitrogen and oxygen atoms in total. The highest BCUT2D eigenvalue weighted by Gasteiger charge is 2.33. The first kappa shape index (κ1) is 13.1. The van der Waals surface area contributed by atoms with E-state index in [0.717, 1.165) is 12.1 Å². The summed E-state index contributed by atoms with van der Waals surface area (Å²) < 4.78 is 5.69. The number of hydrogen-bond acceptors (Lipinski definition) is 3. The number of ether oxygens (including phenoxy) is 1. The highest BCUT2D eigenvalue weighted by Crippen LogP contribution is 2.27. The lowest BCUT2D eigenvalue weighted by Gasteiger charge is -2.42. The van der Waals surface area contributed by atoms with Gasteiger partial charge in [0.05, 0.1) is 0 Å². The van der Waals surface area contributed by atoms with E-state index in [1.165, 1.54) is 5.56 Å². The number of aryl methyl sites for hydroxylation is 1.